The molecule has 1 N–H and O–H groups in total. The zero-order valence-corrected chi connectivity index (χ0v) is 13.9. The van der Waals surface area contributed by atoms with Crippen LogP contribution in [0.4, 0.5) is 4.79 Å². The van der Waals surface area contributed by atoms with Gasteiger partial charge in [0, 0.05) is 13.5 Å². The van der Waals surface area contributed by atoms with E-state index in [1.807, 2.05) is 30.3 Å². The number of carboxylic acid groups (broad SMARTS) is 1. The maximum Gasteiger partial charge on any atom is 0.413 e. The summed E-state index contributed by atoms with van der Waals surface area (Å²) in [6.07, 6.45) is -0.894. The summed E-state index contributed by atoms with van der Waals surface area (Å²) in [6.45, 7) is 0.384. The highest BCUT2D eigenvalue weighted by Gasteiger charge is 2.44. The number of ether oxygens (including phenoxy) is 2. The summed E-state index contributed by atoms with van der Waals surface area (Å²) in [6, 6.07) is 9.46. The van der Waals surface area contributed by atoms with Crippen LogP contribution in [0.15, 0.2) is 35.3 Å². The van der Waals surface area contributed by atoms with Crippen molar-refractivity contribution < 1.29 is 24.2 Å². The number of rotatable bonds is 4. The van der Waals surface area contributed by atoms with Crippen LogP contribution in [-0.4, -0.2) is 58.3 Å². The third-order valence-electron chi connectivity index (χ3n) is 3.96. The second-order valence-electron chi connectivity index (χ2n) is 5.61. The fourth-order valence-electron chi connectivity index (χ4n) is 2.62. The predicted octanol–water partition coefficient (Wildman–Crippen LogP) is 1.97. The minimum atomic E-state index is -1.08. The summed E-state index contributed by atoms with van der Waals surface area (Å²) < 4.78 is 11.6. The molecule has 1 fully saturated rings. The first-order chi connectivity index (χ1) is 11.6. The molecule has 0 unspecified atom stereocenters. The Labute approximate surface area is 143 Å². The molecule has 2 aliphatic rings. The second-order valence-corrected chi connectivity index (χ2v) is 6.68. The van der Waals surface area contributed by atoms with Crippen LogP contribution in [0.5, 0.6) is 0 Å². The highest BCUT2D eigenvalue weighted by molar-refractivity contribution is 8.14. The smallest absolute Gasteiger partial charge is 0.413 e. The van der Waals surface area contributed by atoms with Crippen LogP contribution in [0.25, 0.3) is 0 Å². The average molecular weight is 350 g/mol. The van der Waals surface area contributed by atoms with Gasteiger partial charge in [0.05, 0.1) is 18.8 Å². The van der Waals surface area contributed by atoms with Crippen molar-refractivity contribution in [3.63, 3.8) is 0 Å². The maximum atomic E-state index is 11.3. The number of fused-ring (bicyclic) bond motifs is 1. The zero-order valence-electron chi connectivity index (χ0n) is 13.1. The molecule has 1 amide bonds. The lowest BCUT2D eigenvalue weighted by atomic mass is 10.0. The Morgan fingerprint density at radius 3 is 2.92 bits per heavy atom. The van der Waals surface area contributed by atoms with E-state index in [1.165, 1.54) is 18.8 Å². The lowest BCUT2D eigenvalue weighted by molar-refractivity contribution is -0.146. The third-order valence-corrected chi connectivity index (χ3v) is 5.21. The number of aldehydes is 1. The normalized spacial score (nSPS) is 28.8. The van der Waals surface area contributed by atoms with E-state index >= 15 is 0 Å². The number of amides is 1. The van der Waals surface area contributed by atoms with Gasteiger partial charge in [0.1, 0.15) is 11.5 Å². The van der Waals surface area contributed by atoms with E-state index in [4.69, 9.17) is 14.6 Å². The average Bonchev–Trinajstić information content (AvgIpc) is 3.01. The van der Waals surface area contributed by atoms with E-state index in [0.717, 1.165) is 16.7 Å². The first-order valence-corrected chi connectivity index (χ1v) is 8.44. The first kappa shape index (κ1) is 16.9. The van der Waals surface area contributed by atoms with Crippen molar-refractivity contribution in [2.75, 3.05) is 7.05 Å². The molecule has 1 aromatic rings. The Morgan fingerprint density at radius 2 is 2.25 bits per heavy atom. The number of nitrogens with zero attached hydrogens (tertiary/aromatic N) is 2. The van der Waals surface area contributed by atoms with Gasteiger partial charge in [-0.25, -0.2) is 4.79 Å². The molecule has 8 heteroatoms. The minimum absolute atomic E-state index is 0.219. The fraction of sp³-hybridized carbons (Fsp3) is 0.438. The van der Waals surface area contributed by atoms with Gasteiger partial charge in [-0.1, -0.05) is 42.1 Å². The van der Waals surface area contributed by atoms with Crippen molar-refractivity contribution >= 4 is 29.3 Å². The first-order valence-electron chi connectivity index (χ1n) is 7.56. The van der Waals surface area contributed by atoms with Crippen LogP contribution < -0.4 is 0 Å². The zero-order chi connectivity index (χ0) is 17.1. The number of benzene rings is 1. The summed E-state index contributed by atoms with van der Waals surface area (Å²) in [4.78, 5) is 27.9. The molecule has 128 valence electrons. The standard InChI is InChI=1S/C16H18N2O5S/c1-18(16(20)21)15-17-11-7-12(13(8-19)23-14(11)24-15)22-9-10-5-3-2-4-6-10/h2-6,8,11-14H,7,9H2,1H3,(H,20,21)/t11-,12+,13-,14-/m1/s1. The van der Waals surface area contributed by atoms with Crippen LogP contribution in [0.3, 0.4) is 0 Å². The Hall–Kier alpha value is -1.90. The molecule has 24 heavy (non-hydrogen) atoms. The fourth-order valence-corrected chi connectivity index (χ4v) is 3.77. The van der Waals surface area contributed by atoms with Crippen LogP contribution >= 0.6 is 11.8 Å². The number of thioether (sulfide) groups is 1. The lowest BCUT2D eigenvalue weighted by Crippen LogP contribution is -2.45. The summed E-state index contributed by atoms with van der Waals surface area (Å²) in [5, 5.41) is 9.43. The van der Waals surface area contributed by atoms with Crippen molar-refractivity contribution in [1.82, 2.24) is 4.90 Å². The number of carbonyl (C=O) groups is 2. The van der Waals surface area contributed by atoms with E-state index in [1.54, 1.807) is 0 Å². The molecule has 1 aromatic carbocycles. The van der Waals surface area contributed by atoms with E-state index in [0.29, 0.717) is 18.2 Å². The lowest BCUT2D eigenvalue weighted by Gasteiger charge is -2.34. The van der Waals surface area contributed by atoms with E-state index in [-0.39, 0.29) is 11.5 Å². The van der Waals surface area contributed by atoms with Crippen LogP contribution in [0, 0.1) is 0 Å². The second kappa shape index (κ2) is 7.33. The van der Waals surface area contributed by atoms with Crippen molar-refractivity contribution in [2.24, 2.45) is 4.99 Å². The van der Waals surface area contributed by atoms with Gasteiger partial charge in [-0.2, -0.15) is 0 Å². The number of amidine groups is 1. The van der Waals surface area contributed by atoms with Crippen molar-refractivity contribution in [3.05, 3.63) is 35.9 Å². The van der Waals surface area contributed by atoms with Crippen molar-refractivity contribution in [1.29, 1.82) is 0 Å². The summed E-state index contributed by atoms with van der Waals surface area (Å²) >= 11 is 1.23. The molecule has 0 aliphatic carbocycles. The van der Waals surface area contributed by atoms with Crippen LogP contribution in [-0.2, 0) is 20.9 Å². The molecule has 7 nitrogen and oxygen atoms in total. The Balaban J connectivity index is 1.65. The molecule has 0 aromatic heterocycles. The number of aliphatic imine (C=N–C) groups is 1. The molecule has 1 saturated heterocycles. The summed E-state index contributed by atoms with van der Waals surface area (Å²) in [5.41, 5.74) is 0.661. The van der Waals surface area contributed by atoms with Gasteiger partial charge in [0.15, 0.2) is 11.5 Å². The molecule has 2 aliphatic heterocycles. The van der Waals surface area contributed by atoms with Crippen LogP contribution in [0.2, 0.25) is 0 Å². The highest BCUT2D eigenvalue weighted by Crippen LogP contribution is 2.37. The van der Waals surface area contributed by atoms with Crippen molar-refractivity contribution in [2.45, 2.75) is 36.7 Å². The maximum absolute atomic E-state index is 11.3. The molecule has 2 heterocycles. The Kier molecular flexibility index (Phi) is 5.17. The molecular formula is C16H18N2O5S. The van der Waals surface area contributed by atoms with Crippen molar-refractivity contribution in [3.8, 4) is 0 Å². The number of hydrogen-bond acceptors (Lipinski definition) is 6. The summed E-state index contributed by atoms with van der Waals surface area (Å²) in [7, 11) is 1.44. The van der Waals surface area contributed by atoms with Gasteiger partial charge in [-0.05, 0) is 5.56 Å². The van der Waals surface area contributed by atoms with Gasteiger partial charge in [0.25, 0.3) is 0 Å². The van der Waals surface area contributed by atoms with Gasteiger partial charge in [-0.3, -0.25) is 9.89 Å². The van der Waals surface area contributed by atoms with Gasteiger partial charge >= 0.3 is 6.09 Å². The number of hydrogen-bond donors (Lipinski definition) is 1. The molecule has 0 bridgehead atoms. The Bertz CT molecular complexity index is 639. The van der Waals surface area contributed by atoms with Gasteiger partial charge in [-0.15, -0.1) is 0 Å². The molecule has 4 atom stereocenters. The minimum Gasteiger partial charge on any atom is -0.465 e. The van der Waals surface area contributed by atoms with E-state index in [2.05, 4.69) is 4.99 Å². The largest absolute Gasteiger partial charge is 0.465 e. The monoisotopic (exact) mass is 350 g/mol. The van der Waals surface area contributed by atoms with Gasteiger partial charge < -0.3 is 19.4 Å². The van der Waals surface area contributed by atoms with Gasteiger partial charge in [0.2, 0.25) is 0 Å². The quantitative estimate of drug-likeness (QED) is 0.835. The Morgan fingerprint density at radius 1 is 1.50 bits per heavy atom. The summed E-state index contributed by atoms with van der Waals surface area (Å²) in [5.74, 6) is 0. The molecule has 0 radical (unpaired) electrons. The molecule has 0 saturated carbocycles. The number of carbonyl (C=O) groups excluding carboxylic acids is 1. The highest BCUT2D eigenvalue weighted by atomic mass is 32.2. The molecular weight excluding hydrogens is 332 g/mol. The van der Waals surface area contributed by atoms with E-state index < -0.39 is 18.3 Å². The topological polar surface area (TPSA) is 88.4 Å². The van der Waals surface area contributed by atoms with E-state index in [9.17, 15) is 9.59 Å². The predicted molar refractivity (Wildman–Crippen MR) is 89.0 cm³/mol. The third kappa shape index (κ3) is 3.61. The molecule has 3 rings (SSSR count). The SMILES string of the molecule is CN(C(=O)O)C1=N[C@@H]2C[C@H](OCc3ccccc3)[C@@H](C=O)O[C@@H]2S1. The molecule has 0 spiro atoms. The van der Waals surface area contributed by atoms with Crippen LogP contribution in [0.1, 0.15) is 12.0 Å².